The van der Waals surface area contributed by atoms with Gasteiger partial charge in [0.2, 0.25) is 5.65 Å². The lowest BCUT2D eigenvalue weighted by molar-refractivity contribution is 0.416. The molecule has 0 saturated carbocycles. The van der Waals surface area contributed by atoms with Crippen molar-refractivity contribution in [2.45, 2.75) is 12.8 Å². The summed E-state index contributed by atoms with van der Waals surface area (Å²) in [6.45, 7) is 0. The van der Waals surface area contributed by atoms with Gasteiger partial charge in [0.05, 0.1) is 18.6 Å². The number of nitrogens with zero attached hydrogens (tertiary/aromatic N) is 3. The van der Waals surface area contributed by atoms with Gasteiger partial charge in [0.1, 0.15) is 5.82 Å². The lowest BCUT2D eigenvalue weighted by atomic mass is 10.1. The van der Waals surface area contributed by atoms with Gasteiger partial charge in [-0.05, 0) is 24.5 Å². The molecule has 102 valence electrons. The molecule has 1 saturated heterocycles. The van der Waals surface area contributed by atoms with Crippen LogP contribution in [0.2, 0.25) is 0 Å². The fraction of sp³-hybridized carbons (Fsp3) is 0.500. The molecular weight excluding hydrogens is 266 g/mol. The van der Waals surface area contributed by atoms with Crippen molar-refractivity contribution in [3.63, 3.8) is 0 Å². The van der Waals surface area contributed by atoms with Gasteiger partial charge < -0.3 is 4.74 Å². The molecule has 1 atom stereocenters. The Kier molecular flexibility index (Phi) is 2.93. The number of rotatable bonds is 3. The van der Waals surface area contributed by atoms with Crippen molar-refractivity contribution >= 4 is 15.5 Å². The lowest BCUT2D eigenvalue weighted by Crippen LogP contribution is -2.09. The molecule has 3 heterocycles. The van der Waals surface area contributed by atoms with E-state index in [0.29, 0.717) is 24.2 Å². The van der Waals surface area contributed by atoms with Gasteiger partial charge in [0.25, 0.3) is 0 Å². The number of pyridine rings is 1. The van der Waals surface area contributed by atoms with E-state index >= 15 is 0 Å². The molecule has 0 amide bonds. The van der Waals surface area contributed by atoms with Crippen molar-refractivity contribution in [2.75, 3.05) is 18.6 Å². The Hall–Kier alpha value is -1.63. The van der Waals surface area contributed by atoms with Crippen LogP contribution in [0.3, 0.4) is 0 Å². The minimum atomic E-state index is -2.85. The Morgan fingerprint density at radius 3 is 3.00 bits per heavy atom. The average Bonchev–Trinajstić information content (AvgIpc) is 2.93. The molecule has 1 aliphatic heterocycles. The molecule has 2 aromatic rings. The van der Waals surface area contributed by atoms with Gasteiger partial charge in [-0.15, -0.1) is 10.2 Å². The highest BCUT2D eigenvalue weighted by molar-refractivity contribution is 7.91. The van der Waals surface area contributed by atoms with Gasteiger partial charge in [-0.1, -0.05) is 0 Å². The first-order valence-electron chi connectivity index (χ1n) is 6.16. The third kappa shape index (κ3) is 2.30. The smallest absolute Gasteiger partial charge is 0.203 e. The molecule has 1 fully saturated rings. The summed E-state index contributed by atoms with van der Waals surface area (Å²) in [6.07, 6.45) is 3.21. The summed E-state index contributed by atoms with van der Waals surface area (Å²) >= 11 is 0. The van der Waals surface area contributed by atoms with Crippen molar-refractivity contribution in [1.29, 1.82) is 0 Å². The monoisotopic (exact) mass is 281 g/mol. The van der Waals surface area contributed by atoms with E-state index in [4.69, 9.17) is 4.74 Å². The molecular formula is C12H15N3O3S. The fourth-order valence-electron chi connectivity index (χ4n) is 2.53. The summed E-state index contributed by atoms with van der Waals surface area (Å²) in [6, 6.07) is 3.69. The third-order valence-corrected chi connectivity index (χ3v) is 5.32. The molecule has 0 aliphatic carbocycles. The van der Waals surface area contributed by atoms with Gasteiger partial charge >= 0.3 is 0 Å². The number of sulfone groups is 1. The van der Waals surface area contributed by atoms with Crippen LogP contribution in [0.15, 0.2) is 18.3 Å². The van der Waals surface area contributed by atoms with E-state index in [2.05, 4.69) is 10.2 Å². The van der Waals surface area contributed by atoms with E-state index in [9.17, 15) is 8.42 Å². The van der Waals surface area contributed by atoms with Crippen LogP contribution in [0.25, 0.3) is 5.65 Å². The molecule has 3 rings (SSSR count). The van der Waals surface area contributed by atoms with Crippen LogP contribution in [0.4, 0.5) is 0 Å². The Bertz CT molecular complexity index is 708. The van der Waals surface area contributed by atoms with Crippen molar-refractivity contribution in [2.24, 2.45) is 5.92 Å². The number of aromatic nitrogens is 3. The zero-order valence-corrected chi connectivity index (χ0v) is 11.4. The number of ether oxygens (including phenoxy) is 1. The second kappa shape index (κ2) is 4.48. The maximum Gasteiger partial charge on any atom is 0.203 e. The summed E-state index contributed by atoms with van der Waals surface area (Å²) in [7, 11) is -1.26. The van der Waals surface area contributed by atoms with Crippen LogP contribution in [-0.2, 0) is 16.3 Å². The number of hydrogen-bond acceptors (Lipinski definition) is 5. The summed E-state index contributed by atoms with van der Waals surface area (Å²) in [5.41, 5.74) is 0.667. The first-order chi connectivity index (χ1) is 9.09. The maximum absolute atomic E-state index is 11.5. The molecule has 0 aromatic carbocycles. The van der Waals surface area contributed by atoms with E-state index < -0.39 is 9.84 Å². The summed E-state index contributed by atoms with van der Waals surface area (Å²) < 4.78 is 30.0. The second-order valence-electron chi connectivity index (χ2n) is 4.86. The zero-order chi connectivity index (χ0) is 13.5. The highest BCUT2D eigenvalue weighted by Gasteiger charge is 2.29. The van der Waals surface area contributed by atoms with Crippen LogP contribution >= 0.6 is 0 Å². The molecule has 0 radical (unpaired) electrons. The first-order valence-corrected chi connectivity index (χ1v) is 7.98. The molecule has 0 N–H and O–H groups in total. The van der Waals surface area contributed by atoms with Crippen LogP contribution in [0, 0.1) is 5.92 Å². The molecule has 19 heavy (non-hydrogen) atoms. The largest absolute Gasteiger partial charge is 0.493 e. The Balaban J connectivity index is 1.90. The van der Waals surface area contributed by atoms with E-state index in [-0.39, 0.29) is 17.4 Å². The highest BCUT2D eigenvalue weighted by Crippen LogP contribution is 2.24. The minimum Gasteiger partial charge on any atom is -0.493 e. The van der Waals surface area contributed by atoms with Gasteiger partial charge in [-0.2, -0.15) is 0 Å². The molecule has 1 aliphatic rings. The standard InChI is InChI=1S/C12H15N3O3S/c1-18-10-3-2-5-15-11(13-14-12(10)15)7-9-4-6-19(16,17)8-9/h2-3,5,9H,4,6-8H2,1H3. The average molecular weight is 281 g/mol. The van der Waals surface area contributed by atoms with E-state index in [0.717, 1.165) is 5.82 Å². The molecule has 1 unspecified atom stereocenters. The van der Waals surface area contributed by atoms with E-state index in [1.807, 2.05) is 22.7 Å². The van der Waals surface area contributed by atoms with E-state index in [1.54, 1.807) is 7.11 Å². The van der Waals surface area contributed by atoms with Gasteiger partial charge in [-0.25, -0.2) is 8.42 Å². The Morgan fingerprint density at radius 2 is 2.32 bits per heavy atom. The van der Waals surface area contributed by atoms with Gasteiger partial charge in [0.15, 0.2) is 15.6 Å². The van der Waals surface area contributed by atoms with Crippen LogP contribution in [0.1, 0.15) is 12.2 Å². The molecule has 2 aromatic heterocycles. The summed E-state index contributed by atoms with van der Waals surface area (Å²) in [4.78, 5) is 0. The van der Waals surface area contributed by atoms with Crippen molar-refractivity contribution in [1.82, 2.24) is 14.6 Å². The number of fused-ring (bicyclic) bond motifs is 1. The predicted molar refractivity (Wildman–Crippen MR) is 70.0 cm³/mol. The lowest BCUT2D eigenvalue weighted by Gasteiger charge is -2.06. The van der Waals surface area contributed by atoms with Crippen molar-refractivity contribution < 1.29 is 13.2 Å². The van der Waals surface area contributed by atoms with Crippen molar-refractivity contribution in [3.05, 3.63) is 24.2 Å². The predicted octanol–water partition coefficient (Wildman–Crippen LogP) is 0.715. The minimum absolute atomic E-state index is 0.142. The first kappa shape index (κ1) is 12.4. The zero-order valence-electron chi connectivity index (χ0n) is 10.6. The quantitative estimate of drug-likeness (QED) is 0.828. The Labute approximate surface area is 111 Å². The van der Waals surface area contributed by atoms with Crippen LogP contribution in [0.5, 0.6) is 5.75 Å². The topological polar surface area (TPSA) is 73.6 Å². The Morgan fingerprint density at radius 1 is 1.47 bits per heavy atom. The van der Waals surface area contributed by atoms with Crippen molar-refractivity contribution in [3.8, 4) is 5.75 Å². The molecule has 0 spiro atoms. The fourth-order valence-corrected chi connectivity index (χ4v) is 4.39. The number of hydrogen-bond donors (Lipinski definition) is 0. The third-order valence-electron chi connectivity index (χ3n) is 3.49. The molecule has 0 bridgehead atoms. The van der Waals surface area contributed by atoms with Crippen LogP contribution < -0.4 is 4.74 Å². The SMILES string of the molecule is COc1cccn2c(CC3CCS(=O)(=O)C3)nnc12. The summed E-state index contributed by atoms with van der Waals surface area (Å²) in [5.74, 6) is 2.14. The highest BCUT2D eigenvalue weighted by atomic mass is 32.2. The molecule has 7 heteroatoms. The van der Waals surface area contributed by atoms with E-state index in [1.165, 1.54) is 0 Å². The normalized spacial score (nSPS) is 21.8. The maximum atomic E-state index is 11.5. The van der Waals surface area contributed by atoms with Gasteiger partial charge in [0, 0.05) is 12.6 Å². The summed E-state index contributed by atoms with van der Waals surface area (Å²) in [5, 5.41) is 8.26. The van der Waals surface area contributed by atoms with Gasteiger partial charge in [-0.3, -0.25) is 4.40 Å². The number of methoxy groups -OCH3 is 1. The molecule has 6 nitrogen and oxygen atoms in total. The van der Waals surface area contributed by atoms with Crippen LogP contribution in [-0.4, -0.2) is 41.6 Å². The second-order valence-corrected chi connectivity index (χ2v) is 7.09.